The van der Waals surface area contributed by atoms with Crippen molar-refractivity contribution in [2.45, 2.75) is 33.1 Å². The highest BCUT2D eigenvalue weighted by Crippen LogP contribution is 2.11. The maximum Gasteiger partial charge on any atom is 0.188 e. The van der Waals surface area contributed by atoms with Gasteiger partial charge in [0.1, 0.15) is 0 Å². The zero-order valence-corrected chi connectivity index (χ0v) is 16.4. The van der Waals surface area contributed by atoms with E-state index in [0.717, 1.165) is 38.9 Å². The smallest absolute Gasteiger partial charge is 0.188 e. The number of guanidine groups is 1. The molecule has 126 valence electrons. The molecule has 0 aliphatic heterocycles. The van der Waals surface area contributed by atoms with Gasteiger partial charge in [-0.1, -0.05) is 32.0 Å². The molecule has 3 N–H and O–H groups in total. The summed E-state index contributed by atoms with van der Waals surface area (Å²) in [6.45, 7) is 7.16. The Labute approximate surface area is 152 Å². The van der Waals surface area contributed by atoms with Crippen LogP contribution < -0.4 is 16.0 Å². The molecular weight excluding hydrogens is 387 g/mol. The normalized spacial score (nSPS) is 11.2. The first-order valence-corrected chi connectivity index (χ1v) is 7.89. The van der Waals surface area contributed by atoms with Crippen LogP contribution >= 0.6 is 24.0 Å². The van der Waals surface area contributed by atoms with Crippen LogP contribution in [0.15, 0.2) is 35.3 Å². The van der Waals surface area contributed by atoms with Gasteiger partial charge in [-0.2, -0.15) is 0 Å². The van der Waals surface area contributed by atoms with Gasteiger partial charge in [0.2, 0.25) is 0 Å². The summed E-state index contributed by atoms with van der Waals surface area (Å²) in [4.78, 5) is 6.63. The molecule has 0 aliphatic rings. The van der Waals surface area contributed by atoms with Gasteiger partial charge >= 0.3 is 0 Å². The average Bonchev–Trinajstić information content (AvgIpc) is 2.47. The highest BCUT2D eigenvalue weighted by molar-refractivity contribution is 14.0. The minimum Gasteiger partial charge on any atom is -0.375 e. The molecule has 1 aromatic carbocycles. The van der Waals surface area contributed by atoms with Crippen molar-refractivity contribution < 1.29 is 0 Å². The second-order valence-electron chi connectivity index (χ2n) is 5.84. The van der Waals surface area contributed by atoms with Gasteiger partial charge in [-0.3, -0.25) is 4.99 Å². The van der Waals surface area contributed by atoms with Gasteiger partial charge in [0.15, 0.2) is 5.96 Å². The maximum absolute atomic E-state index is 5.82. The number of hydrogen-bond donors (Lipinski definition) is 2. The summed E-state index contributed by atoms with van der Waals surface area (Å²) in [6.07, 6.45) is 3.30. The SMILES string of the molecule is CC(C)CCNC(N)=NCCCCN(C)c1ccccc1.I. The minimum atomic E-state index is 0. The quantitative estimate of drug-likeness (QED) is 0.280. The van der Waals surface area contributed by atoms with E-state index in [1.807, 2.05) is 6.07 Å². The van der Waals surface area contributed by atoms with Gasteiger partial charge in [-0.05, 0) is 37.3 Å². The minimum absolute atomic E-state index is 0. The zero-order chi connectivity index (χ0) is 15.5. The Kier molecular flexibility index (Phi) is 12.0. The predicted molar refractivity (Wildman–Crippen MR) is 108 cm³/mol. The predicted octanol–water partition coefficient (Wildman–Crippen LogP) is 3.47. The molecule has 0 aliphatic carbocycles. The van der Waals surface area contributed by atoms with Crippen molar-refractivity contribution in [3.8, 4) is 0 Å². The van der Waals surface area contributed by atoms with Crippen molar-refractivity contribution in [1.29, 1.82) is 0 Å². The second kappa shape index (κ2) is 12.6. The molecule has 1 aromatic rings. The first-order chi connectivity index (χ1) is 10.1. The Bertz CT molecular complexity index is 406. The molecule has 0 aromatic heterocycles. The first-order valence-electron chi connectivity index (χ1n) is 7.89. The Balaban J connectivity index is 0.00000441. The summed E-state index contributed by atoms with van der Waals surface area (Å²) in [5.41, 5.74) is 7.08. The Morgan fingerprint density at radius 1 is 1.23 bits per heavy atom. The van der Waals surface area contributed by atoms with Gasteiger partial charge in [-0.15, -0.1) is 24.0 Å². The van der Waals surface area contributed by atoms with Crippen molar-refractivity contribution in [2.24, 2.45) is 16.6 Å². The lowest BCUT2D eigenvalue weighted by Gasteiger charge is -2.18. The Hall–Kier alpha value is -0.980. The molecule has 0 spiro atoms. The van der Waals surface area contributed by atoms with Crippen LogP contribution in [0, 0.1) is 5.92 Å². The fraction of sp³-hybridized carbons (Fsp3) is 0.588. The zero-order valence-electron chi connectivity index (χ0n) is 14.1. The van der Waals surface area contributed by atoms with E-state index in [0.29, 0.717) is 11.9 Å². The number of unbranched alkanes of at least 4 members (excludes halogenated alkanes) is 1. The number of nitrogens with zero attached hydrogens (tertiary/aromatic N) is 2. The van der Waals surface area contributed by atoms with Crippen LogP contribution in [0.4, 0.5) is 5.69 Å². The number of anilines is 1. The van der Waals surface area contributed by atoms with Gasteiger partial charge in [-0.25, -0.2) is 0 Å². The number of nitrogens with one attached hydrogen (secondary N) is 1. The van der Waals surface area contributed by atoms with Crippen LogP contribution in [0.1, 0.15) is 33.1 Å². The molecule has 0 fully saturated rings. The highest BCUT2D eigenvalue weighted by Gasteiger charge is 1.99. The standard InChI is InChI=1S/C17H30N4.HI/c1-15(2)11-13-20-17(18)19-12-7-8-14-21(3)16-9-5-4-6-10-16;/h4-6,9-10,15H,7-8,11-14H2,1-3H3,(H3,18,19,20);1H. The molecule has 5 heteroatoms. The van der Waals surface area contributed by atoms with Gasteiger partial charge in [0.05, 0.1) is 0 Å². The van der Waals surface area contributed by atoms with E-state index < -0.39 is 0 Å². The molecule has 0 saturated carbocycles. The van der Waals surface area contributed by atoms with E-state index in [4.69, 9.17) is 5.73 Å². The number of hydrogen-bond acceptors (Lipinski definition) is 2. The Morgan fingerprint density at radius 3 is 2.55 bits per heavy atom. The molecular formula is C17H31IN4. The lowest BCUT2D eigenvalue weighted by Crippen LogP contribution is -2.33. The second-order valence-corrected chi connectivity index (χ2v) is 5.84. The maximum atomic E-state index is 5.82. The van der Waals surface area contributed by atoms with Crippen molar-refractivity contribution in [2.75, 3.05) is 31.6 Å². The highest BCUT2D eigenvalue weighted by atomic mass is 127. The average molecular weight is 418 g/mol. The van der Waals surface area contributed by atoms with E-state index in [2.05, 4.69) is 60.4 Å². The topological polar surface area (TPSA) is 53.6 Å². The van der Waals surface area contributed by atoms with Crippen molar-refractivity contribution in [1.82, 2.24) is 5.32 Å². The summed E-state index contributed by atoms with van der Waals surface area (Å²) in [7, 11) is 2.13. The number of rotatable bonds is 9. The van der Waals surface area contributed by atoms with Crippen LogP contribution in [0.3, 0.4) is 0 Å². The molecule has 22 heavy (non-hydrogen) atoms. The van der Waals surface area contributed by atoms with Crippen molar-refractivity contribution in [3.63, 3.8) is 0 Å². The molecule has 0 amide bonds. The van der Waals surface area contributed by atoms with Gasteiger partial charge in [0, 0.05) is 32.4 Å². The van der Waals surface area contributed by atoms with E-state index in [1.54, 1.807) is 0 Å². The Morgan fingerprint density at radius 2 is 1.91 bits per heavy atom. The third-order valence-electron chi connectivity index (χ3n) is 3.41. The van der Waals surface area contributed by atoms with Crippen LogP contribution in [-0.4, -0.2) is 32.6 Å². The largest absolute Gasteiger partial charge is 0.375 e. The lowest BCUT2D eigenvalue weighted by atomic mass is 10.1. The van der Waals surface area contributed by atoms with Crippen LogP contribution in [-0.2, 0) is 0 Å². The van der Waals surface area contributed by atoms with Crippen LogP contribution in [0.2, 0.25) is 0 Å². The number of halogens is 1. The van der Waals surface area contributed by atoms with Crippen molar-refractivity contribution in [3.05, 3.63) is 30.3 Å². The molecule has 0 unspecified atom stereocenters. The summed E-state index contributed by atoms with van der Waals surface area (Å²) >= 11 is 0. The van der Waals surface area contributed by atoms with E-state index in [1.165, 1.54) is 5.69 Å². The summed E-state index contributed by atoms with van der Waals surface area (Å²) in [5.74, 6) is 1.27. The molecule has 0 atom stereocenters. The lowest BCUT2D eigenvalue weighted by molar-refractivity contribution is 0.576. The number of nitrogens with two attached hydrogens (primary N) is 1. The van der Waals surface area contributed by atoms with Gasteiger partial charge in [0.25, 0.3) is 0 Å². The molecule has 4 nitrogen and oxygen atoms in total. The number of para-hydroxylation sites is 1. The van der Waals surface area contributed by atoms with E-state index in [9.17, 15) is 0 Å². The number of aliphatic imine (C=N–C) groups is 1. The summed E-state index contributed by atoms with van der Waals surface area (Å²) < 4.78 is 0. The fourth-order valence-corrected chi connectivity index (χ4v) is 2.02. The van der Waals surface area contributed by atoms with Crippen molar-refractivity contribution >= 4 is 35.6 Å². The molecule has 1 rings (SSSR count). The van der Waals surface area contributed by atoms with E-state index >= 15 is 0 Å². The van der Waals surface area contributed by atoms with Crippen LogP contribution in [0.25, 0.3) is 0 Å². The third kappa shape index (κ3) is 9.87. The molecule has 0 radical (unpaired) electrons. The summed E-state index contributed by atoms with van der Waals surface area (Å²) in [5, 5.41) is 3.16. The van der Waals surface area contributed by atoms with Crippen LogP contribution in [0.5, 0.6) is 0 Å². The molecule has 0 saturated heterocycles. The first kappa shape index (κ1) is 21.0. The fourth-order valence-electron chi connectivity index (χ4n) is 2.02. The van der Waals surface area contributed by atoms with E-state index in [-0.39, 0.29) is 24.0 Å². The molecule has 0 heterocycles. The third-order valence-corrected chi connectivity index (χ3v) is 3.41. The molecule has 0 bridgehead atoms. The monoisotopic (exact) mass is 418 g/mol. The van der Waals surface area contributed by atoms with Gasteiger partial charge < -0.3 is 16.0 Å². The number of benzene rings is 1. The summed E-state index contributed by atoms with van der Waals surface area (Å²) in [6, 6.07) is 10.4.